The van der Waals surface area contributed by atoms with Gasteiger partial charge in [-0.3, -0.25) is 9.69 Å². The minimum Gasteiger partial charge on any atom is -0.497 e. The van der Waals surface area contributed by atoms with Gasteiger partial charge in [0.1, 0.15) is 5.75 Å². The molecule has 2 atom stereocenters. The molecule has 6 nitrogen and oxygen atoms in total. The second-order valence-corrected chi connectivity index (χ2v) is 7.23. The second-order valence-electron chi connectivity index (χ2n) is 7.23. The van der Waals surface area contributed by atoms with Crippen LogP contribution in [0.3, 0.4) is 0 Å². The summed E-state index contributed by atoms with van der Waals surface area (Å²) in [6, 6.07) is 9.03. The van der Waals surface area contributed by atoms with E-state index in [9.17, 15) is 4.79 Å². The van der Waals surface area contributed by atoms with Crippen molar-refractivity contribution in [1.82, 2.24) is 15.1 Å². The Hall–Kier alpha value is -1.79. The fourth-order valence-corrected chi connectivity index (χ4v) is 3.87. The molecule has 2 aliphatic rings. The molecule has 0 aliphatic carbocycles. The van der Waals surface area contributed by atoms with Crippen LogP contribution < -0.4 is 15.0 Å². The lowest BCUT2D eigenvalue weighted by Crippen LogP contribution is -2.57. The lowest BCUT2D eigenvalue weighted by molar-refractivity contribution is -0.133. The molecule has 0 saturated carbocycles. The number of piperazine rings is 2. The second kappa shape index (κ2) is 8.06. The molecular weight excluding hydrogens is 316 g/mol. The molecule has 25 heavy (non-hydrogen) atoms. The minimum absolute atomic E-state index is 0.260. The molecule has 0 radical (unpaired) electrons. The summed E-state index contributed by atoms with van der Waals surface area (Å²) in [5.74, 6) is 1.13. The Bertz CT molecular complexity index is 559. The molecule has 0 spiro atoms. The van der Waals surface area contributed by atoms with Gasteiger partial charge in [0.25, 0.3) is 0 Å². The third kappa shape index (κ3) is 4.64. The fraction of sp³-hybridized carbons (Fsp3) is 0.632. The van der Waals surface area contributed by atoms with Crippen molar-refractivity contribution in [3.05, 3.63) is 24.3 Å². The quantitative estimate of drug-likeness (QED) is 0.882. The van der Waals surface area contributed by atoms with Crippen molar-refractivity contribution in [2.24, 2.45) is 0 Å². The first kappa shape index (κ1) is 18.0. The minimum atomic E-state index is 0.260. The van der Waals surface area contributed by atoms with Gasteiger partial charge in [-0.2, -0.15) is 0 Å². The van der Waals surface area contributed by atoms with Crippen LogP contribution in [0.5, 0.6) is 5.75 Å². The van der Waals surface area contributed by atoms with Crippen molar-refractivity contribution < 1.29 is 9.53 Å². The molecule has 2 aliphatic heterocycles. The van der Waals surface area contributed by atoms with E-state index < -0.39 is 0 Å². The third-order valence-electron chi connectivity index (χ3n) is 5.06. The van der Waals surface area contributed by atoms with Gasteiger partial charge in [-0.25, -0.2) is 0 Å². The van der Waals surface area contributed by atoms with Gasteiger partial charge in [-0.15, -0.1) is 0 Å². The average Bonchev–Trinajstić information content (AvgIpc) is 2.61. The summed E-state index contributed by atoms with van der Waals surface area (Å²) in [6.45, 7) is 10.1. The molecule has 1 N–H and O–H groups in total. The van der Waals surface area contributed by atoms with Crippen LogP contribution in [0.4, 0.5) is 5.69 Å². The van der Waals surface area contributed by atoms with E-state index in [1.165, 1.54) is 5.69 Å². The maximum absolute atomic E-state index is 12.6. The first-order valence-electron chi connectivity index (χ1n) is 9.20. The van der Waals surface area contributed by atoms with Crippen LogP contribution in [-0.2, 0) is 4.79 Å². The predicted octanol–water partition coefficient (Wildman–Crippen LogP) is 1.03. The summed E-state index contributed by atoms with van der Waals surface area (Å²) in [4.78, 5) is 19.3. The third-order valence-corrected chi connectivity index (χ3v) is 5.06. The summed E-state index contributed by atoms with van der Waals surface area (Å²) in [6.07, 6.45) is 0. The Morgan fingerprint density at radius 2 is 1.68 bits per heavy atom. The topological polar surface area (TPSA) is 48.1 Å². The van der Waals surface area contributed by atoms with Gasteiger partial charge in [-0.1, -0.05) is 0 Å². The Labute approximate surface area is 150 Å². The van der Waals surface area contributed by atoms with Gasteiger partial charge < -0.3 is 19.9 Å². The molecule has 1 aromatic carbocycles. The molecule has 0 aromatic heterocycles. The standard InChI is InChI=1S/C19H30N4O2/c1-15-12-21(13-16(2)20-15)14-19(24)23-10-8-22(9-11-23)17-4-6-18(25-3)7-5-17/h4-7,15-16,20H,8-14H2,1-3H3. The summed E-state index contributed by atoms with van der Waals surface area (Å²) in [7, 11) is 1.68. The number of hydrogen-bond donors (Lipinski definition) is 1. The molecule has 2 heterocycles. The summed E-state index contributed by atoms with van der Waals surface area (Å²) < 4.78 is 5.21. The number of carbonyl (C=O) groups excluding carboxylic acids is 1. The lowest BCUT2D eigenvalue weighted by Gasteiger charge is -2.39. The molecule has 2 unspecified atom stereocenters. The van der Waals surface area contributed by atoms with Crippen LogP contribution in [0.2, 0.25) is 0 Å². The van der Waals surface area contributed by atoms with Gasteiger partial charge in [0.05, 0.1) is 13.7 Å². The first-order valence-corrected chi connectivity index (χ1v) is 9.20. The van der Waals surface area contributed by atoms with Crippen molar-refractivity contribution in [3.63, 3.8) is 0 Å². The van der Waals surface area contributed by atoms with Crippen LogP contribution >= 0.6 is 0 Å². The molecule has 2 fully saturated rings. The highest BCUT2D eigenvalue weighted by atomic mass is 16.5. The van der Waals surface area contributed by atoms with E-state index >= 15 is 0 Å². The Morgan fingerprint density at radius 3 is 2.24 bits per heavy atom. The Balaban J connectivity index is 1.48. The Kier molecular flexibility index (Phi) is 5.81. The largest absolute Gasteiger partial charge is 0.497 e. The van der Waals surface area contributed by atoms with Gasteiger partial charge in [-0.05, 0) is 38.1 Å². The van der Waals surface area contributed by atoms with Crippen LogP contribution in [0.25, 0.3) is 0 Å². The van der Waals surface area contributed by atoms with Crippen molar-refractivity contribution in [2.45, 2.75) is 25.9 Å². The number of amides is 1. The number of benzene rings is 1. The van der Waals surface area contributed by atoms with Gasteiger partial charge >= 0.3 is 0 Å². The van der Waals surface area contributed by atoms with Gasteiger partial charge in [0.2, 0.25) is 5.91 Å². The zero-order chi connectivity index (χ0) is 17.8. The number of methoxy groups -OCH3 is 1. The lowest BCUT2D eigenvalue weighted by atomic mass is 10.1. The smallest absolute Gasteiger partial charge is 0.236 e. The molecule has 1 amide bonds. The predicted molar refractivity (Wildman–Crippen MR) is 100 cm³/mol. The van der Waals surface area contributed by atoms with E-state index in [1.54, 1.807) is 7.11 Å². The van der Waals surface area contributed by atoms with Crippen molar-refractivity contribution >= 4 is 11.6 Å². The number of hydrogen-bond acceptors (Lipinski definition) is 5. The molecule has 6 heteroatoms. The molecule has 2 saturated heterocycles. The number of nitrogens with one attached hydrogen (secondary N) is 1. The number of anilines is 1. The molecular formula is C19H30N4O2. The van der Waals surface area contributed by atoms with Crippen LogP contribution in [-0.4, -0.2) is 80.7 Å². The highest BCUT2D eigenvalue weighted by Crippen LogP contribution is 2.20. The fourth-order valence-electron chi connectivity index (χ4n) is 3.87. The van der Waals surface area contributed by atoms with E-state index in [1.807, 2.05) is 17.0 Å². The highest BCUT2D eigenvalue weighted by molar-refractivity contribution is 5.78. The van der Waals surface area contributed by atoms with Crippen molar-refractivity contribution in [2.75, 3.05) is 57.8 Å². The van der Waals surface area contributed by atoms with E-state index in [0.29, 0.717) is 18.6 Å². The highest BCUT2D eigenvalue weighted by Gasteiger charge is 2.26. The average molecular weight is 346 g/mol. The number of nitrogens with zero attached hydrogens (tertiary/aromatic N) is 3. The van der Waals surface area contributed by atoms with Crippen molar-refractivity contribution in [3.8, 4) is 5.75 Å². The zero-order valence-corrected chi connectivity index (χ0v) is 15.6. The van der Waals surface area contributed by atoms with Crippen LogP contribution in [0.15, 0.2) is 24.3 Å². The monoisotopic (exact) mass is 346 g/mol. The summed E-state index contributed by atoms with van der Waals surface area (Å²) >= 11 is 0. The molecule has 3 rings (SSSR count). The summed E-state index contributed by atoms with van der Waals surface area (Å²) in [5.41, 5.74) is 1.19. The maximum atomic E-state index is 12.6. The summed E-state index contributed by atoms with van der Waals surface area (Å²) in [5, 5.41) is 3.51. The van der Waals surface area contributed by atoms with E-state index in [2.05, 4.69) is 41.1 Å². The molecule has 0 bridgehead atoms. The van der Waals surface area contributed by atoms with Crippen LogP contribution in [0.1, 0.15) is 13.8 Å². The SMILES string of the molecule is COc1ccc(N2CCN(C(=O)CN3CC(C)NC(C)C3)CC2)cc1. The van der Waals surface area contributed by atoms with Crippen LogP contribution in [0, 0.1) is 0 Å². The van der Waals surface area contributed by atoms with E-state index in [4.69, 9.17) is 4.74 Å². The maximum Gasteiger partial charge on any atom is 0.236 e. The van der Waals surface area contributed by atoms with Crippen molar-refractivity contribution in [1.29, 1.82) is 0 Å². The number of rotatable bonds is 4. The molecule has 1 aromatic rings. The van der Waals surface area contributed by atoms with E-state index in [0.717, 1.165) is 45.0 Å². The molecule has 138 valence electrons. The zero-order valence-electron chi connectivity index (χ0n) is 15.6. The van der Waals surface area contributed by atoms with Gasteiger partial charge in [0, 0.05) is 57.0 Å². The number of carbonyl (C=O) groups is 1. The Morgan fingerprint density at radius 1 is 1.08 bits per heavy atom. The number of ether oxygens (including phenoxy) is 1. The van der Waals surface area contributed by atoms with E-state index in [-0.39, 0.29) is 5.91 Å². The van der Waals surface area contributed by atoms with Gasteiger partial charge in [0.15, 0.2) is 0 Å². The normalized spacial score (nSPS) is 25.1. The first-order chi connectivity index (χ1) is 12.0.